The summed E-state index contributed by atoms with van der Waals surface area (Å²) in [7, 11) is 0. The molecule has 2 saturated heterocycles. The first-order valence-electron chi connectivity index (χ1n) is 11.8. The van der Waals surface area contributed by atoms with Crippen LogP contribution in [0.15, 0.2) is 54.6 Å². The van der Waals surface area contributed by atoms with Crippen molar-refractivity contribution in [3.8, 4) is 0 Å². The zero-order chi connectivity index (χ0) is 24.1. The maximum absolute atomic E-state index is 12.8. The Kier molecular flexibility index (Phi) is 6.95. The Morgan fingerprint density at radius 1 is 0.971 bits per heavy atom. The highest BCUT2D eigenvalue weighted by Crippen LogP contribution is 2.36. The summed E-state index contributed by atoms with van der Waals surface area (Å²) >= 11 is 0. The van der Waals surface area contributed by atoms with E-state index in [4.69, 9.17) is 0 Å². The first-order chi connectivity index (χ1) is 16.4. The van der Waals surface area contributed by atoms with E-state index >= 15 is 0 Å². The lowest BCUT2D eigenvalue weighted by Crippen LogP contribution is -2.51. The van der Waals surface area contributed by atoms with Crippen LogP contribution in [0, 0.1) is 5.92 Å². The van der Waals surface area contributed by atoms with Crippen molar-refractivity contribution in [2.75, 3.05) is 23.7 Å². The second-order valence-corrected chi connectivity index (χ2v) is 8.94. The van der Waals surface area contributed by atoms with E-state index in [1.54, 1.807) is 17.0 Å². The zero-order valence-electron chi connectivity index (χ0n) is 19.3. The number of para-hydroxylation sites is 1. The minimum Gasteiger partial charge on any atom is -0.326 e. The lowest BCUT2D eigenvalue weighted by molar-refractivity contribution is -0.138. The summed E-state index contributed by atoms with van der Waals surface area (Å²) in [6.07, 6.45) is 2.59. The maximum Gasteiger partial charge on any atom is 0.321 e. The summed E-state index contributed by atoms with van der Waals surface area (Å²) < 4.78 is 0. The minimum atomic E-state index is -0.719. The van der Waals surface area contributed by atoms with Gasteiger partial charge in [0.1, 0.15) is 0 Å². The molecule has 0 bridgehead atoms. The second kappa shape index (κ2) is 10.1. The topological polar surface area (TPSA) is 108 Å². The number of rotatable bonds is 5. The normalized spacial score (nSPS) is 21.0. The summed E-state index contributed by atoms with van der Waals surface area (Å²) in [5.41, 5.74) is 1.54. The number of nitrogens with zero attached hydrogens (tertiary/aromatic N) is 1. The molecule has 8 nitrogen and oxygen atoms in total. The van der Waals surface area contributed by atoms with Gasteiger partial charge in [-0.05, 0) is 55.5 Å². The smallest absolute Gasteiger partial charge is 0.321 e. The number of carbonyl (C=O) groups is 4. The zero-order valence-corrected chi connectivity index (χ0v) is 19.3. The van der Waals surface area contributed by atoms with Crippen molar-refractivity contribution in [2.45, 2.75) is 44.4 Å². The van der Waals surface area contributed by atoms with Crippen molar-refractivity contribution in [3.05, 3.63) is 60.2 Å². The van der Waals surface area contributed by atoms with E-state index in [9.17, 15) is 19.2 Å². The van der Waals surface area contributed by atoms with Gasteiger partial charge in [-0.25, -0.2) is 4.79 Å². The van der Waals surface area contributed by atoms with Crippen LogP contribution >= 0.6 is 0 Å². The Morgan fingerprint density at radius 2 is 1.62 bits per heavy atom. The standard InChI is InChI=1S/C26H30N4O4/c1-2-26(15-12-22(31)29-24(26)33)19-8-10-21(11-9-19)27-23(32)18-13-16-30(17-14-18)25(34)28-20-6-4-3-5-7-20/h3-11,18H,2,12-17H2,1H3,(H,27,32)(H,28,34)(H,29,31,33). The fourth-order valence-electron chi connectivity index (χ4n) is 4.75. The predicted octanol–water partition coefficient (Wildman–Crippen LogP) is 3.65. The first kappa shape index (κ1) is 23.5. The fourth-order valence-corrected chi connectivity index (χ4v) is 4.75. The summed E-state index contributed by atoms with van der Waals surface area (Å²) in [5, 5.41) is 8.30. The molecule has 1 atom stereocenters. The van der Waals surface area contributed by atoms with Crippen molar-refractivity contribution in [2.24, 2.45) is 5.92 Å². The Morgan fingerprint density at radius 3 is 2.24 bits per heavy atom. The molecule has 3 N–H and O–H groups in total. The number of amides is 5. The SMILES string of the molecule is CCC1(c2ccc(NC(=O)C3CCN(C(=O)Nc4ccccc4)CC3)cc2)CCC(=O)NC1=O. The minimum absolute atomic E-state index is 0.0675. The summed E-state index contributed by atoms with van der Waals surface area (Å²) in [6.45, 7) is 2.97. The molecular formula is C26H30N4O4. The molecule has 0 radical (unpaired) electrons. The Balaban J connectivity index is 1.31. The van der Waals surface area contributed by atoms with Gasteiger partial charge in [-0.3, -0.25) is 19.7 Å². The number of piperidine rings is 2. The van der Waals surface area contributed by atoms with Crippen LogP contribution in [0.3, 0.4) is 0 Å². The molecule has 34 heavy (non-hydrogen) atoms. The number of urea groups is 1. The number of likely N-dealkylation sites (tertiary alicyclic amines) is 1. The molecule has 178 valence electrons. The monoisotopic (exact) mass is 462 g/mol. The van der Waals surface area contributed by atoms with Crippen molar-refractivity contribution >= 4 is 35.1 Å². The van der Waals surface area contributed by atoms with Gasteiger partial charge in [0, 0.05) is 36.8 Å². The van der Waals surface area contributed by atoms with Crippen LogP contribution in [0.5, 0.6) is 0 Å². The predicted molar refractivity (Wildman–Crippen MR) is 129 cm³/mol. The highest BCUT2D eigenvalue weighted by atomic mass is 16.2. The number of carbonyl (C=O) groups excluding carboxylic acids is 4. The molecule has 4 rings (SSSR count). The van der Waals surface area contributed by atoms with Gasteiger partial charge in [-0.1, -0.05) is 37.3 Å². The van der Waals surface area contributed by atoms with E-state index in [2.05, 4.69) is 16.0 Å². The third kappa shape index (κ3) is 4.95. The molecule has 2 aromatic rings. The van der Waals surface area contributed by atoms with Crippen LogP contribution < -0.4 is 16.0 Å². The number of hydrogen-bond acceptors (Lipinski definition) is 4. The maximum atomic E-state index is 12.8. The van der Waals surface area contributed by atoms with Gasteiger partial charge in [0.2, 0.25) is 17.7 Å². The van der Waals surface area contributed by atoms with Crippen LogP contribution in [0.4, 0.5) is 16.2 Å². The van der Waals surface area contributed by atoms with Crippen molar-refractivity contribution in [1.82, 2.24) is 10.2 Å². The third-order valence-corrected chi connectivity index (χ3v) is 6.95. The van der Waals surface area contributed by atoms with Crippen molar-refractivity contribution in [1.29, 1.82) is 0 Å². The van der Waals surface area contributed by atoms with Gasteiger partial charge in [0.25, 0.3) is 0 Å². The van der Waals surface area contributed by atoms with Crippen LogP contribution in [0.1, 0.15) is 44.6 Å². The average Bonchev–Trinajstić information content (AvgIpc) is 2.86. The molecule has 0 aliphatic carbocycles. The van der Waals surface area contributed by atoms with Crippen LogP contribution in [0.2, 0.25) is 0 Å². The van der Waals surface area contributed by atoms with Gasteiger partial charge in [0.05, 0.1) is 5.41 Å². The van der Waals surface area contributed by atoms with Crippen LogP contribution in [0.25, 0.3) is 0 Å². The fraction of sp³-hybridized carbons (Fsp3) is 0.385. The Hall–Kier alpha value is -3.68. The summed E-state index contributed by atoms with van der Waals surface area (Å²) in [4.78, 5) is 51.1. The van der Waals surface area contributed by atoms with E-state index in [0.717, 1.165) is 11.3 Å². The van der Waals surface area contributed by atoms with E-state index in [-0.39, 0.29) is 29.7 Å². The van der Waals surface area contributed by atoms with Crippen molar-refractivity contribution in [3.63, 3.8) is 0 Å². The van der Waals surface area contributed by atoms with E-state index in [0.29, 0.717) is 50.9 Å². The molecule has 2 aliphatic heterocycles. The van der Waals surface area contributed by atoms with Gasteiger partial charge in [-0.2, -0.15) is 0 Å². The third-order valence-electron chi connectivity index (χ3n) is 6.95. The molecule has 8 heteroatoms. The Bertz CT molecular complexity index is 1060. The number of hydrogen-bond donors (Lipinski definition) is 3. The molecule has 5 amide bonds. The highest BCUT2D eigenvalue weighted by Gasteiger charge is 2.42. The van der Waals surface area contributed by atoms with Crippen LogP contribution in [-0.2, 0) is 19.8 Å². The summed E-state index contributed by atoms with van der Waals surface area (Å²) in [5.74, 6) is -0.729. The van der Waals surface area contributed by atoms with Crippen LogP contribution in [-0.4, -0.2) is 41.7 Å². The second-order valence-electron chi connectivity index (χ2n) is 8.94. The molecule has 0 saturated carbocycles. The van der Waals surface area contributed by atoms with E-state index in [1.165, 1.54) is 0 Å². The molecule has 2 fully saturated rings. The first-order valence-corrected chi connectivity index (χ1v) is 11.8. The molecule has 0 spiro atoms. The number of nitrogens with one attached hydrogen (secondary N) is 3. The average molecular weight is 463 g/mol. The summed E-state index contributed by atoms with van der Waals surface area (Å²) in [6, 6.07) is 16.5. The molecule has 2 heterocycles. The largest absolute Gasteiger partial charge is 0.326 e. The molecule has 0 aromatic heterocycles. The van der Waals surface area contributed by atoms with Gasteiger partial charge >= 0.3 is 6.03 Å². The van der Waals surface area contributed by atoms with Gasteiger partial charge < -0.3 is 15.5 Å². The Labute approximate surface area is 199 Å². The van der Waals surface area contributed by atoms with Gasteiger partial charge in [0.15, 0.2) is 0 Å². The number of imide groups is 1. The lowest BCUT2D eigenvalue weighted by atomic mass is 9.72. The highest BCUT2D eigenvalue weighted by molar-refractivity contribution is 6.03. The lowest BCUT2D eigenvalue weighted by Gasteiger charge is -2.35. The van der Waals surface area contributed by atoms with E-state index < -0.39 is 5.41 Å². The number of benzene rings is 2. The number of anilines is 2. The molecule has 2 aromatic carbocycles. The van der Waals surface area contributed by atoms with Gasteiger partial charge in [-0.15, -0.1) is 0 Å². The molecule has 1 unspecified atom stereocenters. The molecular weight excluding hydrogens is 432 g/mol. The van der Waals surface area contributed by atoms with Crippen molar-refractivity contribution < 1.29 is 19.2 Å². The molecule has 2 aliphatic rings. The van der Waals surface area contributed by atoms with E-state index in [1.807, 2.05) is 49.4 Å². The quantitative estimate of drug-likeness (QED) is 0.590.